The Bertz CT molecular complexity index is 1410. The van der Waals surface area contributed by atoms with Gasteiger partial charge in [-0.15, -0.1) is 0 Å². The van der Waals surface area contributed by atoms with E-state index >= 15 is 0 Å². The molecule has 2 N–H and O–H groups in total. The smallest absolute Gasteiger partial charge is 0.314 e. The molecule has 12 heteroatoms. The van der Waals surface area contributed by atoms with Crippen LogP contribution in [0, 0.1) is 11.6 Å². The second-order valence-electron chi connectivity index (χ2n) is 6.94. The number of aromatic amines is 2. The molecule has 0 aliphatic carbocycles. The normalized spacial score (nSPS) is 15.4. The molecule has 1 amide bonds. The van der Waals surface area contributed by atoms with Gasteiger partial charge >= 0.3 is 11.1 Å². The Kier molecular flexibility index (Phi) is 5.19. The SMILES string of the molecule is O=C(c1ccc2[nH]c(=O)c(=O)[nH]c2c1)N1CCN(S(=O)(=O)c2ccc(F)cc2F)CC1. The molecular weight excluding hydrogens is 434 g/mol. The Balaban J connectivity index is 1.51. The molecule has 162 valence electrons. The highest BCUT2D eigenvalue weighted by atomic mass is 32.2. The van der Waals surface area contributed by atoms with Crippen LogP contribution in [-0.4, -0.2) is 59.7 Å². The monoisotopic (exact) mass is 450 g/mol. The van der Waals surface area contributed by atoms with Crippen molar-refractivity contribution in [3.05, 3.63) is 74.3 Å². The average molecular weight is 450 g/mol. The van der Waals surface area contributed by atoms with E-state index in [1.807, 2.05) is 0 Å². The van der Waals surface area contributed by atoms with E-state index in [2.05, 4.69) is 9.97 Å². The molecule has 0 bridgehead atoms. The second kappa shape index (κ2) is 7.71. The van der Waals surface area contributed by atoms with Gasteiger partial charge in [0.1, 0.15) is 16.5 Å². The lowest BCUT2D eigenvalue weighted by atomic mass is 10.1. The first-order chi connectivity index (χ1) is 14.7. The number of H-pyrrole nitrogens is 2. The second-order valence-corrected chi connectivity index (χ2v) is 8.85. The Morgan fingerprint density at radius 3 is 2.16 bits per heavy atom. The molecule has 1 aliphatic rings. The molecule has 0 radical (unpaired) electrons. The van der Waals surface area contributed by atoms with Gasteiger partial charge in [0.15, 0.2) is 0 Å². The lowest BCUT2D eigenvalue weighted by molar-refractivity contribution is 0.0698. The number of aromatic nitrogens is 2. The predicted molar refractivity (Wildman–Crippen MR) is 106 cm³/mol. The molecular formula is C19H16F2N4O5S. The Labute approximate surface area is 174 Å². The molecule has 0 atom stereocenters. The minimum absolute atomic E-state index is 0.0566. The van der Waals surface area contributed by atoms with Crippen LogP contribution in [0.1, 0.15) is 10.4 Å². The van der Waals surface area contributed by atoms with E-state index < -0.39 is 37.7 Å². The number of carbonyl (C=O) groups is 1. The number of hydrogen-bond acceptors (Lipinski definition) is 5. The fourth-order valence-corrected chi connectivity index (χ4v) is 4.85. The molecule has 0 spiro atoms. The lowest BCUT2D eigenvalue weighted by Crippen LogP contribution is -2.50. The number of piperazine rings is 1. The number of halogens is 2. The first-order valence-electron chi connectivity index (χ1n) is 9.17. The predicted octanol–water partition coefficient (Wildman–Crippen LogP) is 0.641. The lowest BCUT2D eigenvalue weighted by Gasteiger charge is -2.34. The minimum atomic E-state index is -4.18. The van der Waals surface area contributed by atoms with Crippen molar-refractivity contribution in [1.29, 1.82) is 0 Å². The maximum atomic E-state index is 14.0. The van der Waals surface area contributed by atoms with Gasteiger partial charge in [0.25, 0.3) is 5.91 Å². The van der Waals surface area contributed by atoms with E-state index in [1.165, 1.54) is 23.1 Å². The number of rotatable bonds is 3. The summed E-state index contributed by atoms with van der Waals surface area (Å²) in [5, 5.41) is 0. The van der Waals surface area contributed by atoms with Crippen molar-refractivity contribution in [2.24, 2.45) is 0 Å². The summed E-state index contributed by atoms with van der Waals surface area (Å²) in [6.07, 6.45) is 0. The topological polar surface area (TPSA) is 123 Å². The number of carbonyl (C=O) groups excluding carboxylic acids is 1. The van der Waals surface area contributed by atoms with E-state index in [-0.39, 0.29) is 43.2 Å². The fraction of sp³-hybridized carbons (Fsp3) is 0.211. The van der Waals surface area contributed by atoms with Crippen LogP contribution in [0.15, 0.2) is 50.9 Å². The summed E-state index contributed by atoms with van der Waals surface area (Å²) in [7, 11) is -4.18. The van der Waals surface area contributed by atoms with Gasteiger partial charge in [-0.1, -0.05) is 0 Å². The van der Waals surface area contributed by atoms with Crippen molar-refractivity contribution in [2.45, 2.75) is 4.90 Å². The zero-order valence-electron chi connectivity index (χ0n) is 15.9. The zero-order chi connectivity index (χ0) is 22.3. The maximum Gasteiger partial charge on any atom is 0.314 e. The molecule has 31 heavy (non-hydrogen) atoms. The summed E-state index contributed by atoms with van der Waals surface area (Å²) < 4.78 is 53.4. The van der Waals surface area contributed by atoms with Gasteiger partial charge < -0.3 is 14.9 Å². The first kappa shape index (κ1) is 20.9. The minimum Gasteiger partial charge on any atom is -0.336 e. The van der Waals surface area contributed by atoms with Crippen molar-refractivity contribution in [2.75, 3.05) is 26.2 Å². The summed E-state index contributed by atoms with van der Waals surface area (Å²) in [6.45, 7) is -0.0205. The molecule has 4 rings (SSSR count). The number of hydrogen-bond donors (Lipinski definition) is 2. The van der Waals surface area contributed by atoms with E-state index in [0.717, 1.165) is 16.4 Å². The first-order valence-corrected chi connectivity index (χ1v) is 10.6. The maximum absolute atomic E-state index is 14.0. The highest BCUT2D eigenvalue weighted by Gasteiger charge is 2.32. The summed E-state index contributed by atoms with van der Waals surface area (Å²) in [6, 6.07) is 6.63. The number of amides is 1. The molecule has 0 unspecified atom stereocenters. The van der Waals surface area contributed by atoms with Crippen LogP contribution >= 0.6 is 0 Å². The molecule has 3 aromatic rings. The number of sulfonamides is 1. The van der Waals surface area contributed by atoms with Gasteiger partial charge in [-0.3, -0.25) is 14.4 Å². The van der Waals surface area contributed by atoms with E-state index in [4.69, 9.17) is 0 Å². The van der Waals surface area contributed by atoms with Crippen molar-refractivity contribution < 1.29 is 22.0 Å². The Hall–Kier alpha value is -3.38. The van der Waals surface area contributed by atoms with E-state index in [0.29, 0.717) is 11.6 Å². The van der Waals surface area contributed by atoms with Crippen LogP contribution in [0.5, 0.6) is 0 Å². The van der Waals surface area contributed by atoms with Crippen LogP contribution in [-0.2, 0) is 10.0 Å². The van der Waals surface area contributed by atoms with Crippen LogP contribution in [0.3, 0.4) is 0 Å². The number of nitrogens with one attached hydrogen (secondary N) is 2. The number of fused-ring (bicyclic) bond motifs is 1. The Morgan fingerprint density at radius 1 is 0.871 bits per heavy atom. The highest BCUT2D eigenvalue weighted by Crippen LogP contribution is 2.22. The van der Waals surface area contributed by atoms with Crippen LogP contribution < -0.4 is 11.1 Å². The molecule has 1 saturated heterocycles. The third kappa shape index (κ3) is 3.86. The molecule has 0 saturated carbocycles. The van der Waals surface area contributed by atoms with Gasteiger partial charge in [-0.05, 0) is 30.3 Å². The largest absolute Gasteiger partial charge is 0.336 e. The third-order valence-corrected chi connectivity index (χ3v) is 6.94. The van der Waals surface area contributed by atoms with E-state index in [1.54, 1.807) is 0 Å². The highest BCUT2D eigenvalue weighted by molar-refractivity contribution is 7.89. The van der Waals surface area contributed by atoms with Crippen LogP contribution in [0.4, 0.5) is 8.78 Å². The van der Waals surface area contributed by atoms with Gasteiger partial charge in [-0.2, -0.15) is 4.31 Å². The van der Waals surface area contributed by atoms with Gasteiger partial charge in [0.2, 0.25) is 10.0 Å². The summed E-state index contributed by atoms with van der Waals surface area (Å²) in [5.74, 6) is -2.45. The summed E-state index contributed by atoms with van der Waals surface area (Å²) in [5.41, 5.74) is -0.761. The molecule has 2 aromatic carbocycles. The van der Waals surface area contributed by atoms with Crippen molar-refractivity contribution in [3.8, 4) is 0 Å². The molecule has 1 aliphatic heterocycles. The average Bonchev–Trinajstić information content (AvgIpc) is 2.73. The third-order valence-electron chi connectivity index (χ3n) is 5.01. The van der Waals surface area contributed by atoms with Gasteiger partial charge in [0.05, 0.1) is 11.0 Å². The quantitative estimate of drug-likeness (QED) is 0.567. The van der Waals surface area contributed by atoms with Crippen molar-refractivity contribution in [1.82, 2.24) is 19.2 Å². The van der Waals surface area contributed by atoms with Crippen LogP contribution in [0.25, 0.3) is 11.0 Å². The standard InChI is InChI=1S/C19H16F2N4O5S/c20-12-2-4-16(13(21)10-12)31(29,30)25-7-5-24(6-8-25)19(28)11-1-3-14-15(9-11)23-18(27)17(26)22-14/h1-4,9-10H,5-8H2,(H,22,26)(H,23,27). The summed E-state index contributed by atoms with van der Waals surface area (Å²) in [4.78, 5) is 41.3. The van der Waals surface area contributed by atoms with Gasteiger partial charge in [0, 0.05) is 37.8 Å². The van der Waals surface area contributed by atoms with Crippen molar-refractivity contribution in [3.63, 3.8) is 0 Å². The van der Waals surface area contributed by atoms with Crippen LogP contribution in [0.2, 0.25) is 0 Å². The molecule has 1 fully saturated rings. The number of nitrogens with zero attached hydrogens (tertiary/aromatic N) is 2. The van der Waals surface area contributed by atoms with Gasteiger partial charge in [-0.25, -0.2) is 17.2 Å². The Morgan fingerprint density at radius 2 is 1.52 bits per heavy atom. The molecule has 2 heterocycles. The van der Waals surface area contributed by atoms with Crippen molar-refractivity contribution >= 4 is 27.0 Å². The fourth-order valence-electron chi connectivity index (χ4n) is 3.39. The number of benzene rings is 2. The summed E-state index contributed by atoms with van der Waals surface area (Å²) >= 11 is 0. The zero-order valence-corrected chi connectivity index (χ0v) is 16.7. The molecule has 1 aromatic heterocycles. The molecule has 9 nitrogen and oxygen atoms in total. The van der Waals surface area contributed by atoms with E-state index in [9.17, 15) is 31.6 Å².